The molecule has 0 aliphatic carbocycles. The largest absolute Gasteiger partial charge is 0.307 e. The molecule has 78 valence electrons. The third-order valence-electron chi connectivity index (χ3n) is 2.64. The molecule has 3 aromatic rings. The van der Waals surface area contributed by atoms with Gasteiger partial charge in [0.05, 0.1) is 5.69 Å². The van der Waals surface area contributed by atoms with E-state index in [1.54, 1.807) is 0 Å². The van der Waals surface area contributed by atoms with Crippen molar-refractivity contribution in [3.05, 3.63) is 72.2 Å². The molecule has 16 heavy (non-hydrogen) atoms. The maximum absolute atomic E-state index is 4.57. The highest BCUT2D eigenvalue weighted by Gasteiger charge is 2.01. The highest BCUT2D eigenvalue weighted by molar-refractivity contribution is 5.40. The summed E-state index contributed by atoms with van der Waals surface area (Å²) in [4.78, 5) is 4.57. The van der Waals surface area contributed by atoms with Crippen molar-refractivity contribution in [3.63, 3.8) is 0 Å². The normalized spacial score (nSPS) is 10.8. The van der Waals surface area contributed by atoms with Gasteiger partial charge >= 0.3 is 0 Å². The molecular weight excluding hydrogens is 196 g/mol. The van der Waals surface area contributed by atoms with E-state index in [9.17, 15) is 0 Å². The van der Waals surface area contributed by atoms with Crippen LogP contribution in [0.3, 0.4) is 0 Å². The summed E-state index contributed by atoms with van der Waals surface area (Å²) in [5.41, 5.74) is 3.41. The summed E-state index contributed by atoms with van der Waals surface area (Å²) in [6.45, 7) is 0. The molecule has 2 nitrogen and oxygen atoms in total. The predicted octanol–water partition coefficient (Wildman–Crippen LogP) is 2.93. The van der Waals surface area contributed by atoms with Crippen molar-refractivity contribution in [1.82, 2.24) is 9.38 Å². The molecule has 0 amide bonds. The molecule has 3 rings (SSSR count). The van der Waals surface area contributed by atoms with Gasteiger partial charge in [-0.3, -0.25) is 0 Å². The monoisotopic (exact) mass is 208 g/mol. The van der Waals surface area contributed by atoms with Crippen LogP contribution in [-0.4, -0.2) is 9.38 Å². The molecule has 0 fully saturated rings. The minimum atomic E-state index is 0.891. The second-order valence-electron chi connectivity index (χ2n) is 3.86. The summed E-state index contributed by atoms with van der Waals surface area (Å²) in [5, 5.41) is 0. The summed E-state index contributed by atoms with van der Waals surface area (Å²) >= 11 is 0. The number of hydrogen-bond acceptors (Lipinski definition) is 1. The van der Waals surface area contributed by atoms with Gasteiger partial charge in [0.2, 0.25) is 0 Å². The number of nitrogens with zero attached hydrogens (tertiary/aromatic N) is 2. The van der Waals surface area contributed by atoms with Crippen molar-refractivity contribution >= 4 is 5.65 Å². The summed E-state index contributed by atoms with van der Waals surface area (Å²) in [7, 11) is 0. The van der Waals surface area contributed by atoms with Crippen molar-refractivity contribution in [1.29, 1.82) is 0 Å². The van der Waals surface area contributed by atoms with Gasteiger partial charge in [-0.15, -0.1) is 0 Å². The van der Waals surface area contributed by atoms with Gasteiger partial charge in [0.1, 0.15) is 5.65 Å². The lowest BCUT2D eigenvalue weighted by Crippen LogP contribution is -1.86. The van der Waals surface area contributed by atoms with Gasteiger partial charge in [-0.1, -0.05) is 36.4 Å². The summed E-state index contributed by atoms with van der Waals surface area (Å²) in [6.07, 6.45) is 5.00. The molecule has 0 bridgehead atoms. The Morgan fingerprint density at radius 1 is 0.938 bits per heavy atom. The summed E-state index contributed by atoms with van der Waals surface area (Å²) < 4.78 is 2.05. The number of fused-ring (bicyclic) bond motifs is 1. The maximum Gasteiger partial charge on any atom is 0.136 e. The Labute approximate surface area is 94.2 Å². The average Bonchev–Trinajstić information content (AvgIpc) is 2.72. The molecule has 0 radical (unpaired) electrons. The highest BCUT2D eigenvalue weighted by atomic mass is 15.0. The second kappa shape index (κ2) is 3.81. The fourth-order valence-corrected chi connectivity index (χ4v) is 1.88. The van der Waals surface area contributed by atoms with E-state index in [-0.39, 0.29) is 0 Å². The molecule has 2 heterocycles. The fraction of sp³-hybridized carbons (Fsp3) is 0.0714. The van der Waals surface area contributed by atoms with E-state index in [1.807, 2.05) is 30.5 Å². The van der Waals surface area contributed by atoms with E-state index in [4.69, 9.17) is 0 Å². The molecule has 0 aliphatic rings. The Balaban J connectivity index is 1.95. The zero-order valence-electron chi connectivity index (χ0n) is 8.88. The molecule has 0 atom stereocenters. The van der Waals surface area contributed by atoms with Crippen LogP contribution in [0.1, 0.15) is 11.3 Å². The number of hydrogen-bond donors (Lipinski definition) is 0. The van der Waals surface area contributed by atoms with Crippen LogP contribution in [0.25, 0.3) is 5.65 Å². The van der Waals surface area contributed by atoms with Gasteiger partial charge in [-0.25, -0.2) is 4.98 Å². The van der Waals surface area contributed by atoms with E-state index >= 15 is 0 Å². The van der Waals surface area contributed by atoms with E-state index in [0.717, 1.165) is 17.8 Å². The number of imidazole rings is 1. The van der Waals surface area contributed by atoms with Crippen molar-refractivity contribution in [2.75, 3.05) is 0 Å². The zero-order valence-corrected chi connectivity index (χ0v) is 8.88. The van der Waals surface area contributed by atoms with Gasteiger partial charge < -0.3 is 4.40 Å². The topological polar surface area (TPSA) is 17.3 Å². The first-order valence-corrected chi connectivity index (χ1v) is 5.38. The SMILES string of the molecule is c1ccc(Cc2cn3ccccc3n2)cc1. The Morgan fingerprint density at radius 3 is 2.56 bits per heavy atom. The number of pyridine rings is 1. The minimum absolute atomic E-state index is 0.891. The molecule has 2 aromatic heterocycles. The molecule has 0 saturated heterocycles. The van der Waals surface area contributed by atoms with Crippen LogP contribution in [-0.2, 0) is 6.42 Å². The van der Waals surface area contributed by atoms with Gasteiger partial charge in [0, 0.05) is 18.8 Å². The maximum atomic E-state index is 4.57. The molecular formula is C14H12N2. The first-order chi connectivity index (χ1) is 7.92. The van der Waals surface area contributed by atoms with Gasteiger partial charge in [-0.05, 0) is 17.7 Å². The Morgan fingerprint density at radius 2 is 1.75 bits per heavy atom. The first kappa shape index (κ1) is 9.16. The first-order valence-electron chi connectivity index (χ1n) is 5.38. The summed E-state index contributed by atoms with van der Waals surface area (Å²) in [6, 6.07) is 16.5. The third-order valence-corrected chi connectivity index (χ3v) is 2.64. The third kappa shape index (κ3) is 1.70. The lowest BCUT2D eigenvalue weighted by Gasteiger charge is -1.95. The van der Waals surface area contributed by atoms with Crippen molar-refractivity contribution in [2.45, 2.75) is 6.42 Å². The highest BCUT2D eigenvalue weighted by Crippen LogP contribution is 2.10. The van der Waals surface area contributed by atoms with Crippen molar-refractivity contribution in [2.24, 2.45) is 0 Å². The zero-order chi connectivity index (χ0) is 10.8. The van der Waals surface area contributed by atoms with Crippen LogP contribution in [0.15, 0.2) is 60.9 Å². The predicted molar refractivity (Wildman–Crippen MR) is 64.4 cm³/mol. The van der Waals surface area contributed by atoms with E-state index in [1.165, 1.54) is 5.56 Å². The van der Waals surface area contributed by atoms with Gasteiger partial charge in [0.25, 0.3) is 0 Å². The smallest absolute Gasteiger partial charge is 0.136 e. The van der Waals surface area contributed by atoms with Crippen LogP contribution in [0.5, 0.6) is 0 Å². The van der Waals surface area contributed by atoms with Gasteiger partial charge in [-0.2, -0.15) is 0 Å². The Hall–Kier alpha value is -2.09. The molecule has 1 aromatic carbocycles. The lowest BCUT2D eigenvalue weighted by atomic mass is 10.1. The van der Waals surface area contributed by atoms with E-state index in [0.29, 0.717) is 0 Å². The Bertz CT molecular complexity index is 563. The molecule has 0 spiro atoms. The van der Waals surface area contributed by atoms with Crippen LogP contribution in [0.4, 0.5) is 0 Å². The Kier molecular flexibility index (Phi) is 2.18. The van der Waals surface area contributed by atoms with E-state index < -0.39 is 0 Å². The molecule has 0 N–H and O–H groups in total. The molecule has 2 heteroatoms. The standard InChI is InChI=1S/C14H12N2/c1-2-6-12(7-3-1)10-13-11-16-9-5-4-8-14(16)15-13/h1-9,11H,10H2. The van der Waals surface area contributed by atoms with E-state index in [2.05, 4.69) is 39.8 Å². The molecule has 0 saturated carbocycles. The number of benzene rings is 1. The molecule has 0 unspecified atom stereocenters. The average molecular weight is 208 g/mol. The second-order valence-corrected chi connectivity index (χ2v) is 3.86. The van der Waals surface area contributed by atoms with Crippen LogP contribution < -0.4 is 0 Å². The fourth-order valence-electron chi connectivity index (χ4n) is 1.88. The van der Waals surface area contributed by atoms with Crippen molar-refractivity contribution in [3.8, 4) is 0 Å². The van der Waals surface area contributed by atoms with Crippen molar-refractivity contribution < 1.29 is 0 Å². The van der Waals surface area contributed by atoms with Crippen LogP contribution >= 0.6 is 0 Å². The lowest BCUT2D eigenvalue weighted by molar-refractivity contribution is 1.11. The minimum Gasteiger partial charge on any atom is -0.307 e. The quantitative estimate of drug-likeness (QED) is 0.633. The number of rotatable bonds is 2. The van der Waals surface area contributed by atoms with Crippen LogP contribution in [0.2, 0.25) is 0 Å². The number of aromatic nitrogens is 2. The van der Waals surface area contributed by atoms with Crippen LogP contribution in [0, 0.1) is 0 Å². The van der Waals surface area contributed by atoms with Gasteiger partial charge in [0.15, 0.2) is 0 Å². The molecule has 0 aliphatic heterocycles. The summed E-state index contributed by atoms with van der Waals surface area (Å²) in [5.74, 6) is 0.